The lowest BCUT2D eigenvalue weighted by Crippen LogP contribution is -2.01. The van der Waals surface area contributed by atoms with Gasteiger partial charge in [0.1, 0.15) is 11.6 Å². The minimum absolute atomic E-state index is 0.156. The lowest BCUT2D eigenvalue weighted by molar-refractivity contribution is 0.621. The normalized spacial score (nSPS) is 10.4. The van der Waals surface area contributed by atoms with Gasteiger partial charge in [0.2, 0.25) is 5.95 Å². The van der Waals surface area contributed by atoms with Gasteiger partial charge in [-0.05, 0) is 41.1 Å². The van der Waals surface area contributed by atoms with Crippen LogP contribution in [0.25, 0.3) is 11.4 Å². The van der Waals surface area contributed by atoms with Crippen molar-refractivity contribution in [2.75, 3.05) is 5.73 Å². The van der Waals surface area contributed by atoms with Crippen LogP contribution >= 0.6 is 15.9 Å². The molecule has 1 aromatic heterocycles. The first-order valence-electron chi connectivity index (χ1n) is 4.50. The van der Waals surface area contributed by atoms with E-state index in [1.54, 1.807) is 19.1 Å². The molecule has 4 nitrogen and oxygen atoms in total. The average molecular weight is 283 g/mol. The molecular formula is C10H8BrFN4. The molecule has 1 aromatic carbocycles. The molecule has 0 aliphatic heterocycles. The van der Waals surface area contributed by atoms with E-state index in [1.165, 1.54) is 6.07 Å². The molecule has 0 radical (unpaired) electrons. The molecule has 16 heavy (non-hydrogen) atoms. The van der Waals surface area contributed by atoms with Crippen LogP contribution in [0.3, 0.4) is 0 Å². The Morgan fingerprint density at radius 1 is 1.25 bits per heavy atom. The number of hydrogen-bond donors (Lipinski definition) is 1. The zero-order chi connectivity index (χ0) is 11.7. The van der Waals surface area contributed by atoms with E-state index in [-0.39, 0.29) is 11.8 Å². The molecule has 2 aromatic rings. The Labute approximate surface area is 99.9 Å². The van der Waals surface area contributed by atoms with Crippen molar-refractivity contribution >= 4 is 21.9 Å². The summed E-state index contributed by atoms with van der Waals surface area (Å²) < 4.78 is 13.4. The standard InChI is InChI=1S/C10H8BrFN4/c1-5-14-9(16-10(13)15-5)6-2-3-8(12)7(11)4-6/h2-4H,1H3,(H2,13,14,15,16). The molecule has 6 heteroatoms. The second-order valence-corrected chi connectivity index (χ2v) is 4.05. The monoisotopic (exact) mass is 282 g/mol. The Balaban J connectivity index is 2.54. The highest BCUT2D eigenvalue weighted by molar-refractivity contribution is 9.10. The third-order valence-corrected chi connectivity index (χ3v) is 2.55. The number of aromatic nitrogens is 3. The molecule has 0 spiro atoms. The molecule has 82 valence electrons. The van der Waals surface area contributed by atoms with Crippen molar-refractivity contribution in [3.05, 3.63) is 34.3 Å². The lowest BCUT2D eigenvalue weighted by Gasteiger charge is -2.03. The predicted molar refractivity (Wildman–Crippen MR) is 62.1 cm³/mol. The van der Waals surface area contributed by atoms with Crippen molar-refractivity contribution in [1.29, 1.82) is 0 Å². The SMILES string of the molecule is Cc1nc(N)nc(-c2ccc(F)c(Br)c2)n1. The number of nitrogen functional groups attached to an aromatic ring is 1. The minimum atomic E-state index is -0.331. The van der Waals surface area contributed by atoms with E-state index >= 15 is 0 Å². The molecule has 0 aliphatic rings. The minimum Gasteiger partial charge on any atom is -0.368 e. The summed E-state index contributed by atoms with van der Waals surface area (Å²) in [5, 5.41) is 0. The van der Waals surface area contributed by atoms with Gasteiger partial charge in [-0.25, -0.2) is 9.37 Å². The van der Waals surface area contributed by atoms with Crippen LogP contribution < -0.4 is 5.73 Å². The van der Waals surface area contributed by atoms with Gasteiger partial charge in [0.15, 0.2) is 5.82 Å². The summed E-state index contributed by atoms with van der Waals surface area (Å²) in [6, 6.07) is 4.53. The molecule has 0 unspecified atom stereocenters. The van der Waals surface area contributed by atoms with Crippen LogP contribution in [0.15, 0.2) is 22.7 Å². The van der Waals surface area contributed by atoms with Gasteiger partial charge in [0, 0.05) is 5.56 Å². The fourth-order valence-corrected chi connectivity index (χ4v) is 1.65. The van der Waals surface area contributed by atoms with Gasteiger partial charge in [-0.3, -0.25) is 0 Å². The zero-order valence-corrected chi connectivity index (χ0v) is 9.99. The quantitative estimate of drug-likeness (QED) is 0.872. The summed E-state index contributed by atoms with van der Waals surface area (Å²) in [4.78, 5) is 12.0. The van der Waals surface area contributed by atoms with E-state index in [1.807, 2.05) is 0 Å². The molecule has 0 atom stereocenters. The van der Waals surface area contributed by atoms with Gasteiger partial charge in [-0.15, -0.1) is 0 Å². The van der Waals surface area contributed by atoms with Crippen molar-refractivity contribution in [1.82, 2.24) is 15.0 Å². The number of anilines is 1. The highest BCUT2D eigenvalue weighted by Gasteiger charge is 2.07. The van der Waals surface area contributed by atoms with E-state index < -0.39 is 0 Å². The third kappa shape index (κ3) is 2.16. The highest BCUT2D eigenvalue weighted by atomic mass is 79.9. The van der Waals surface area contributed by atoms with Crippen LogP contribution in [0.4, 0.5) is 10.3 Å². The summed E-state index contributed by atoms with van der Waals surface area (Å²) >= 11 is 3.10. The molecule has 0 aliphatic carbocycles. The van der Waals surface area contributed by atoms with Gasteiger partial charge >= 0.3 is 0 Å². The van der Waals surface area contributed by atoms with Crippen molar-refractivity contribution in [3.8, 4) is 11.4 Å². The Morgan fingerprint density at radius 2 is 2.00 bits per heavy atom. The van der Waals surface area contributed by atoms with E-state index in [2.05, 4.69) is 30.9 Å². The van der Waals surface area contributed by atoms with E-state index in [4.69, 9.17) is 5.73 Å². The van der Waals surface area contributed by atoms with Crippen LogP contribution in [-0.4, -0.2) is 15.0 Å². The van der Waals surface area contributed by atoms with Crippen LogP contribution in [0.1, 0.15) is 5.82 Å². The lowest BCUT2D eigenvalue weighted by atomic mass is 10.2. The number of halogens is 2. The van der Waals surface area contributed by atoms with E-state index in [0.29, 0.717) is 21.7 Å². The van der Waals surface area contributed by atoms with Crippen molar-refractivity contribution < 1.29 is 4.39 Å². The maximum absolute atomic E-state index is 13.0. The van der Waals surface area contributed by atoms with Crippen LogP contribution in [-0.2, 0) is 0 Å². The molecule has 0 amide bonds. The Bertz CT molecular complexity index is 524. The van der Waals surface area contributed by atoms with Crippen LogP contribution in [0, 0.1) is 12.7 Å². The number of hydrogen-bond acceptors (Lipinski definition) is 4. The van der Waals surface area contributed by atoms with Crippen molar-refractivity contribution in [3.63, 3.8) is 0 Å². The second kappa shape index (κ2) is 4.13. The number of nitrogens with two attached hydrogens (primary N) is 1. The second-order valence-electron chi connectivity index (χ2n) is 3.19. The maximum atomic E-state index is 13.0. The topological polar surface area (TPSA) is 64.7 Å². The predicted octanol–water partition coefficient (Wildman–Crippen LogP) is 2.33. The fraction of sp³-hybridized carbons (Fsp3) is 0.100. The van der Waals surface area contributed by atoms with Gasteiger partial charge < -0.3 is 5.73 Å². The molecule has 1 heterocycles. The maximum Gasteiger partial charge on any atom is 0.223 e. The Morgan fingerprint density at radius 3 is 2.62 bits per heavy atom. The van der Waals surface area contributed by atoms with Crippen LogP contribution in [0.5, 0.6) is 0 Å². The third-order valence-electron chi connectivity index (χ3n) is 1.94. The fourth-order valence-electron chi connectivity index (χ4n) is 1.27. The molecule has 0 fully saturated rings. The number of benzene rings is 1. The van der Waals surface area contributed by atoms with Crippen LogP contribution in [0.2, 0.25) is 0 Å². The molecule has 0 saturated heterocycles. The van der Waals surface area contributed by atoms with E-state index in [0.717, 1.165) is 0 Å². The Hall–Kier alpha value is -1.56. The van der Waals surface area contributed by atoms with Gasteiger partial charge in [-0.1, -0.05) is 0 Å². The molecular weight excluding hydrogens is 275 g/mol. The number of aryl methyl sites for hydroxylation is 1. The number of rotatable bonds is 1. The molecule has 2 rings (SSSR count). The Kier molecular flexibility index (Phi) is 2.82. The number of nitrogens with zero attached hydrogens (tertiary/aromatic N) is 3. The first-order valence-corrected chi connectivity index (χ1v) is 5.29. The van der Waals surface area contributed by atoms with Gasteiger partial charge in [-0.2, -0.15) is 9.97 Å². The average Bonchev–Trinajstić information content (AvgIpc) is 2.20. The highest BCUT2D eigenvalue weighted by Crippen LogP contribution is 2.22. The summed E-state index contributed by atoms with van der Waals surface area (Å²) in [6.45, 7) is 1.72. The summed E-state index contributed by atoms with van der Waals surface area (Å²) in [5.41, 5.74) is 6.20. The molecule has 0 bridgehead atoms. The summed E-state index contributed by atoms with van der Waals surface area (Å²) in [6.07, 6.45) is 0. The summed E-state index contributed by atoms with van der Waals surface area (Å²) in [7, 11) is 0. The first kappa shape index (κ1) is 10.9. The summed E-state index contributed by atoms with van der Waals surface area (Å²) in [5.74, 6) is 0.791. The van der Waals surface area contributed by atoms with Gasteiger partial charge in [0.25, 0.3) is 0 Å². The zero-order valence-electron chi connectivity index (χ0n) is 8.41. The largest absolute Gasteiger partial charge is 0.368 e. The van der Waals surface area contributed by atoms with Crippen molar-refractivity contribution in [2.24, 2.45) is 0 Å². The first-order chi connectivity index (χ1) is 7.56. The van der Waals surface area contributed by atoms with E-state index in [9.17, 15) is 4.39 Å². The molecule has 0 saturated carbocycles. The van der Waals surface area contributed by atoms with Gasteiger partial charge in [0.05, 0.1) is 4.47 Å². The molecule has 2 N–H and O–H groups in total. The smallest absolute Gasteiger partial charge is 0.223 e. The van der Waals surface area contributed by atoms with Crippen molar-refractivity contribution in [2.45, 2.75) is 6.92 Å².